The van der Waals surface area contributed by atoms with Crippen LogP contribution in [-0.2, 0) is 11.3 Å². The fourth-order valence-corrected chi connectivity index (χ4v) is 2.43. The summed E-state index contributed by atoms with van der Waals surface area (Å²) < 4.78 is 10.9. The number of furan rings is 1. The van der Waals surface area contributed by atoms with Crippen LogP contribution in [0.4, 0.5) is 0 Å². The summed E-state index contributed by atoms with van der Waals surface area (Å²) in [5.74, 6) is -0.838. The molecule has 7 heteroatoms. The summed E-state index contributed by atoms with van der Waals surface area (Å²) in [6.45, 7) is 3.88. The zero-order valence-corrected chi connectivity index (χ0v) is 14.5. The van der Waals surface area contributed by atoms with Gasteiger partial charge in [-0.05, 0) is 38.1 Å². The molecule has 0 fully saturated rings. The molecule has 0 aliphatic heterocycles. The maximum atomic E-state index is 12.5. The molecule has 0 aliphatic rings. The summed E-state index contributed by atoms with van der Waals surface area (Å²) in [5.41, 5.74) is 1.44. The van der Waals surface area contributed by atoms with Gasteiger partial charge in [-0.3, -0.25) is 4.79 Å². The van der Waals surface area contributed by atoms with Gasteiger partial charge in [-0.15, -0.1) is 0 Å². The van der Waals surface area contributed by atoms with Crippen molar-refractivity contribution in [3.05, 3.63) is 54.1 Å². The number of aromatic nitrogens is 2. The fourth-order valence-electron chi connectivity index (χ4n) is 2.43. The lowest BCUT2D eigenvalue weighted by Gasteiger charge is -2.16. The topological polar surface area (TPSA) is 101 Å². The van der Waals surface area contributed by atoms with Crippen LogP contribution < -0.4 is 10.1 Å². The van der Waals surface area contributed by atoms with E-state index in [2.05, 4.69) is 15.3 Å². The lowest BCUT2D eigenvalue weighted by atomic mass is 10.1. The molecule has 26 heavy (non-hydrogen) atoms. The number of nitriles is 1. The Kier molecular flexibility index (Phi) is 5.13. The van der Waals surface area contributed by atoms with E-state index in [1.807, 2.05) is 32.0 Å². The van der Waals surface area contributed by atoms with Crippen molar-refractivity contribution in [1.29, 1.82) is 5.26 Å². The molecule has 0 radical (unpaired) electrons. The van der Waals surface area contributed by atoms with Gasteiger partial charge in [-0.25, -0.2) is 9.97 Å². The van der Waals surface area contributed by atoms with E-state index in [0.29, 0.717) is 16.8 Å². The molecule has 1 amide bonds. The minimum atomic E-state index is -1.14. The maximum Gasteiger partial charge on any atom is 0.244 e. The highest BCUT2D eigenvalue weighted by molar-refractivity contribution is 5.87. The average molecular weight is 350 g/mol. The highest BCUT2D eigenvalue weighted by atomic mass is 16.5. The molecule has 7 nitrogen and oxygen atoms in total. The van der Waals surface area contributed by atoms with Crippen LogP contribution >= 0.6 is 0 Å². The molecule has 3 aromatic rings. The molecule has 0 spiro atoms. The van der Waals surface area contributed by atoms with Crippen molar-refractivity contribution >= 4 is 16.9 Å². The smallest absolute Gasteiger partial charge is 0.244 e. The Labute approximate surface area is 150 Å². The summed E-state index contributed by atoms with van der Waals surface area (Å²) >= 11 is 0. The number of amides is 1. The van der Waals surface area contributed by atoms with Gasteiger partial charge in [0.1, 0.15) is 11.5 Å². The van der Waals surface area contributed by atoms with Crippen molar-refractivity contribution < 1.29 is 13.9 Å². The molecule has 3 rings (SSSR count). The van der Waals surface area contributed by atoms with Crippen molar-refractivity contribution in [2.24, 2.45) is 0 Å². The van der Waals surface area contributed by atoms with E-state index in [9.17, 15) is 10.1 Å². The van der Waals surface area contributed by atoms with Gasteiger partial charge in [0.15, 0.2) is 5.92 Å². The first-order valence-electron chi connectivity index (χ1n) is 8.21. The third-order valence-corrected chi connectivity index (χ3v) is 3.59. The zero-order chi connectivity index (χ0) is 18.5. The predicted molar refractivity (Wildman–Crippen MR) is 94.2 cm³/mol. The Morgan fingerprint density at radius 2 is 1.96 bits per heavy atom. The van der Waals surface area contributed by atoms with Gasteiger partial charge in [0.05, 0.1) is 36.0 Å². The third kappa shape index (κ3) is 3.81. The molecule has 1 atom stereocenters. The Morgan fingerprint density at radius 3 is 2.58 bits per heavy atom. The highest BCUT2D eigenvalue weighted by Crippen LogP contribution is 2.27. The predicted octanol–water partition coefficient (Wildman–Crippen LogP) is 2.93. The lowest BCUT2D eigenvalue weighted by Crippen LogP contribution is -2.29. The Hall–Kier alpha value is -3.40. The number of fused-ring (bicyclic) bond motifs is 1. The van der Waals surface area contributed by atoms with E-state index in [1.165, 1.54) is 6.26 Å². The molecule has 2 heterocycles. The third-order valence-electron chi connectivity index (χ3n) is 3.59. The number of carbonyl (C=O) groups is 1. The van der Waals surface area contributed by atoms with Crippen LogP contribution in [0.3, 0.4) is 0 Å². The fraction of sp³-hybridized carbons (Fsp3) is 0.263. The number of hydrogen-bond acceptors (Lipinski definition) is 6. The first kappa shape index (κ1) is 17.4. The summed E-state index contributed by atoms with van der Waals surface area (Å²) in [4.78, 5) is 21.5. The molecule has 0 bridgehead atoms. The first-order chi connectivity index (χ1) is 12.6. The molecular formula is C19H18N4O3. The van der Waals surface area contributed by atoms with Crippen LogP contribution in [0, 0.1) is 11.3 Å². The number of nitrogens with zero attached hydrogens (tertiary/aromatic N) is 3. The summed E-state index contributed by atoms with van der Waals surface area (Å²) in [5, 5.41) is 12.3. The summed E-state index contributed by atoms with van der Waals surface area (Å²) in [6, 6.07) is 12.7. The van der Waals surface area contributed by atoms with Crippen LogP contribution in [0.2, 0.25) is 0 Å². The Balaban J connectivity index is 1.93. The minimum Gasteiger partial charge on any atom is -0.474 e. The van der Waals surface area contributed by atoms with Gasteiger partial charge in [0.25, 0.3) is 0 Å². The van der Waals surface area contributed by atoms with Crippen LogP contribution in [0.15, 0.2) is 47.1 Å². The average Bonchev–Trinajstić information content (AvgIpc) is 3.14. The first-order valence-corrected chi connectivity index (χ1v) is 8.21. The van der Waals surface area contributed by atoms with Crippen LogP contribution in [0.5, 0.6) is 5.88 Å². The monoisotopic (exact) mass is 350 g/mol. The molecule has 2 aromatic heterocycles. The molecule has 0 saturated heterocycles. The molecule has 1 N–H and O–H groups in total. The van der Waals surface area contributed by atoms with Gasteiger partial charge in [0.2, 0.25) is 11.8 Å². The number of carbonyl (C=O) groups excluding carboxylic acids is 1. The SMILES string of the molecule is CC(C)Oc1nc2ccccc2nc1[C@H](C#N)C(=O)NCc1ccco1. The van der Waals surface area contributed by atoms with Crippen LogP contribution in [0.1, 0.15) is 31.2 Å². The number of para-hydroxylation sites is 2. The molecule has 0 saturated carbocycles. The van der Waals surface area contributed by atoms with Gasteiger partial charge in [-0.2, -0.15) is 5.26 Å². The van der Waals surface area contributed by atoms with Gasteiger partial charge in [0, 0.05) is 0 Å². The van der Waals surface area contributed by atoms with E-state index < -0.39 is 11.8 Å². The quantitative estimate of drug-likeness (QED) is 0.733. The van der Waals surface area contributed by atoms with Crippen molar-refractivity contribution in [3.8, 4) is 11.9 Å². The lowest BCUT2D eigenvalue weighted by molar-refractivity contribution is -0.121. The van der Waals surface area contributed by atoms with Gasteiger partial charge >= 0.3 is 0 Å². The van der Waals surface area contributed by atoms with Crippen molar-refractivity contribution in [3.63, 3.8) is 0 Å². The van der Waals surface area contributed by atoms with E-state index in [0.717, 1.165) is 0 Å². The highest BCUT2D eigenvalue weighted by Gasteiger charge is 2.27. The molecule has 0 aliphatic carbocycles. The van der Waals surface area contributed by atoms with E-state index in [4.69, 9.17) is 9.15 Å². The number of rotatable bonds is 6. The summed E-state index contributed by atoms with van der Waals surface area (Å²) in [7, 11) is 0. The Morgan fingerprint density at radius 1 is 1.23 bits per heavy atom. The Bertz CT molecular complexity index is 945. The number of hydrogen-bond donors (Lipinski definition) is 1. The second-order valence-electron chi connectivity index (χ2n) is 5.93. The number of nitrogens with one attached hydrogen (secondary N) is 1. The van der Waals surface area contributed by atoms with Gasteiger partial charge in [-0.1, -0.05) is 12.1 Å². The van der Waals surface area contributed by atoms with Crippen molar-refractivity contribution in [1.82, 2.24) is 15.3 Å². The molecule has 0 unspecified atom stereocenters. The largest absolute Gasteiger partial charge is 0.474 e. The van der Waals surface area contributed by atoms with Gasteiger partial charge < -0.3 is 14.5 Å². The normalized spacial score (nSPS) is 11.9. The number of benzene rings is 1. The van der Waals surface area contributed by atoms with E-state index in [-0.39, 0.29) is 24.2 Å². The van der Waals surface area contributed by atoms with Crippen molar-refractivity contribution in [2.75, 3.05) is 0 Å². The minimum absolute atomic E-state index is 0.172. The second-order valence-corrected chi connectivity index (χ2v) is 5.93. The van der Waals surface area contributed by atoms with Crippen molar-refractivity contribution in [2.45, 2.75) is 32.4 Å². The summed E-state index contributed by atoms with van der Waals surface area (Å²) in [6.07, 6.45) is 1.35. The maximum absolute atomic E-state index is 12.5. The zero-order valence-electron chi connectivity index (χ0n) is 14.5. The second kappa shape index (κ2) is 7.66. The molecule has 1 aromatic carbocycles. The van der Waals surface area contributed by atoms with E-state index in [1.54, 1.807) is 24.3 Å². The van der Waals surface area contributed by atoms with E-state index >= 15 is 0 Å². The standard InChI is InChI=1S/C19H18N4O3/c1-12(2)26-19-17(22-15-7-3-4-8-16(15)23-19)14(10-20)18(24)21-11-13-6-5-9-25-13/h3-9,12,14H,11H2,1-2H3,(H,21,24)/t14-/m0/s1. The number of ether oxygens (including phenoxy) is 1. The van der Waals surface area contributed by atoms with Crippen LogP contribution in [0.25, 0.3) is 11.0 Å². The molecular weight excluding hydrogens is 332 g/mol. The molecule has 132 valence electrons. The van der Waals surface area contributed by atoms with Crippen LogP contribution in [-0.4, -0.2) is 22.0 Å².